The van der Waals surface area contributed by atoms with E-state index in [9.17, 15) is 14.4 Å². The van der Waals surface area contributed by atoms with Crippen molar-refractivity contribution in [1.29, 1.82) is 0 Å². The lowest BCUT2D eigenvalue weighted by Gasteiger charge is -2.14. The Morgan fingerprint density at radius 2 is 1.40 bits per heavy atom. The van der Waals surface area contributed by atoms with Gasteiger partial charge in [-0.2, -0.15) is 0 Å². The van der Waals surface area contributed by atoms with Crippen LogP contribution in [0.4, 0.5) is 5.69 Å². The van der Waals surface area contributed by atoms with Crippen LogP contribution in [0.3, 0.4) is 0 Å². The molecule has 1 aromatic heterocycles. The Kier molecular flexibility index (Phi) is 9.36. The summed E-state index contributed by atoms with van der Waals surface area (Å²) in [4.78, 5) is 41.2. The maximum atomic E-state index is 13.7. The van der Waals surface area contributed by atoms with Crippen molar-refractivity contribution >= 4 is 63.1 Å². The minimum atomic E-state index is -0.539. The van der Waals surface area contributed by atoms with Crippen molar-refractivity contribution < 1.29 is 23.9 Å². The fourth-order valence-electron chi connectivity index (χ4n) is 5.39. The van der Waals surface area contributed by atoms with Crippen LogP contribution in [0.15, 0.2) is 132 Å². The Balaban J connectivity index is 1.23. The monoisotopic (exact) mass is 641 g/mol. The molecular weight excluding hydrogens is 611 g/mol. The number of aromatic nitrogens is 1. The Labute approximate surface area is 276 Å². The van der Waals surface area contributed by atoms with Gasteiger partial charge < -0.3 is 20.1 Å². The van der Waals surface area contributed by atoms with Gasteiger partial charge in [-0.1, -0.05) is 72.8 Å². The fraction of sp³-hybridized carbons (Fsp3) is 0.0789. The highest BCUT2D eigenvalue weighted by atomic mass is 32.2. The zero-order valence-electron chi connectivity index (χ0n) is 25.7. The second-order valence-corrected chi connectivity index (χ2v) is 11.5. The third-order valence-electron chi connectivity index (χ3n) is 7.55. The standard InChI is InChI=1S/C38H31N3O5S/c1-45-34-21-10-14-26(36(34)46-2)22-31(40-37(43)25-12-4-3-5-13-25)38(44)39-27-15-11-16-28(23-27)47-24-35(42)41-32-19-8-6-17-29(32)30-18-7-9-20-33(30)41/h3-23H,24H2,1-2H3,(H,39,44)(H,40,43)/b31-22+. The number of hydrogen-bond acceptors (Lipinski definition) is 6. The van der Waals surface area contributed by atoms with Crippen molar-refractivity contribution in [3.8, 4) is 11.5 Å². The maximum absolute atomic E-state index is 13.7. The number of amides is 2. The van der Waals surface area contributed by atoms with Gasteiger partial charge in [0.05, 0.1) is 31.0 Å². The molecule has 234 valence electrons. The molecule has 0 spiro atoms. The number of carbonyl (C=O) groups excluding carboxylic acids is 3. The van der Waals surface area contributed by atoms with Gasteiger partial charge in [0.1, 0.15) is 5.70 Å². The van der Waals surface area contributed by atoms with Crippen molar-refractivity contribution in [2.24, 2.45) is 0 Å². The smallest absolute Gasteiger partial charge is 0.272 e. The molecule has 0 radical (unpaired) electrons. The van der Waals surface area contributed by atoms with Gasteiger partial charge in [0.2, 0.25) is 5.91 Å². The van der Waals surface area contributed by atoms with E-state index in [4.69, 9.17) is 9.47 Å². The van der Waals surface area contributed by atoms with Crippen molar-refractivity contribution in [3.63, 3.8) is 0 Å². The van der Waals surface area contributed by atoms with E-state index in [1.807, 2.05) is 60.7 Å². The van der Waals surface area contributed by atoms with Crippen LogP contribution in [0.2, 0.25) is 0 Å². The van der Waals surface area contributed by atoms with Gasteiger partial charge in [-0.25, -0.2) is 0 Å². The summed E-state index contributed by atoms with van der Waals surface area (Å²) in [5.74, 6) is 0.0528. The van der Waals surface area contributed by atoms with Crippen LogP contribution in [0.25, 0.3) is 27.9 Å². The van der Waals surface area contributed by atoms with E-state index in [0.29, 0.717) is 28.3 Å². The molecule has 6 rings (SSSR count). The molecule has 6 aromatic rings. The second kappa shape index (κ2) is 14.1. The van der Waals surface area contributed by atoms with Gasteiger partial charge in [-0.3, -0.25) is 19.0 Å². The first-order valence-electron chi connectivity index (χ1n) is 14.8. The Bertz CT molecular complexity index is 2090. The predicted molar refractivity (Wildman–Crippen MR) is 187 cm³/mol. The molecule has 0 aliphatic heterocycles. The summed E-state index contributed by atoms with van der Waals surface area (Å²) in [5, 5.41) is 7.70. The number of thioether (sulfide) groups is 1. The summed E-state index contributed by atoms with van der Waals surface area (Å²) in [7, 11) is 3.03. The van der Waals surface area contributed by atoms with Crippen molar-refractivity contribution in [1.82, 2.24) is 9.88 Å². The number of ether oxygens (including phenoxy) is 2. The van der Waals surface area contributed by atoms with Crippen LogP contribution in [0.1, 0.15) is 20.7 Å². The highest BCUT2D eigenvalue weighted by molar-refractivity contribution is 8.00. The minimum absolute atomic E-state index is 0.00463. The molecule has 2 amide bonds. The zero-order valence-corrected chi connectivity index (χ0v) is 26.5. The van der Waals surface area contributed by atoms with Crippen LogP contribution in [0.5, 0.6) is 11.5 Å². The lowest BCUT2D eigenvalue weighted by Crippen LogP contribution is -2.30. The number of hydrogen-bond donors (Lipinski definition) is 2. The minimum Gasteiger partial charge on any atom is -0.493 e. The number of nitrogens with one attached hydrogen (secondary N) is 2. The van der Waals surface area contributed by atoms with E-state index in [-0.39, 0.29) is 17.4 Å². The topological polar surface area (TPSA) is 98.7 Å². The lowest BCUT2D eigenvalue weighted by atomic mass is 10.1. The van der Waals surface area contributed by atoms with E-state index in [1.54, 1.807) is 71.3 Å². The average molecular weight is 642 g/mol. The number of fused-ring (bicyclic) bond motifs is 3. The molecule has 47 heavy (non-hydrogen) atoms. The zero-order chi connectivity index (χ0) is 32.8. The highest BCUT2D eigenvalue weighted by Crippen LogP contribution is 2.33. The number of para-hydroxylation sites is 3. The van der Waals surface area contributed by atoms with Crippen molar-refractivity contribution in [3.05, 3.63) is 138 Å². The Hall–Kier alpha value is -5.80. The first kappa shape index (κ1) is 31.2. The number of methoxy groups -OCH3 is 2. The first-order chi connectivity index (χ1) is 23.0. The summed E-state index contributed by atoms with van der Waals surface area (Å²) in [6, 6.07) is 36.9. The first-order valence-corrected chi connectivity index (χ1v) is 15.8. The lowest BCUT2D eigenvalue weighted by molar-refractivity contribution is -0.113. The second-order valence-electron chi connectivity index (χ2n) is 10.5. The molecule has 2 N–H and O–H groups in total. The summed E-state index contributed by atoms with van der Waals surface area (Å²) in [6.45, 7) is 0. The highest BCUT2D eigenvalue weighted by Gasteiger charge is 2.19. The molecule has 0 atom stereocenters. The summed E-state index contributed by atoms with van der Waals surface area (Å²) >= 11 is 1.38. The van der Waals surface area contributed by atoms with Crippen LogP contribution in [-0.4, -0.2) is 42.3 Å². The van der Waals surface area contributed by atoms with Crippen LogP contribution >= 0.6 is 11.8 Å². The fourth-order valence-corrected chi connectivity index (χ4v) is 6.19. The molecule has 0 unspecified atom stereocenters. The molecule has 8 nitrogen and oxygen atoms in total. The number of benzene rings is 5. The molecule has 0 saturated heterocycles. The molecule has 0 aliphatic rings. The third kappa shape index (κ3) is 6.75. The third-order valence-corrected chi connectivity index (χ3v) is 8.52. The molecule has 1 heterocycles. The van der Waals surface area contributed by atoms with E-state index < -0.39 is 11.8 Å². The number of nitrogens with zero attached hydrogens (tertiary/aromatic N) is 1. The Morgan fingerprint density at radius 3 is 2.09 bits per heavy atom. The van der Waals surface area contributed by atoms with Crippen LogP contribution in [-0.2, 0) is 4.79 Å². The van der Waals surface area contributed by atoms with E-state index in [0.717, 1.165) is 26.7 Å². The SMILES string of the molecule is COc1cccc(/C=C(/NC(=O)c2ccccc2)C(=O)Nc2cccc(SCC(=O)n3c4ccccc4c4ccccc43)c2)c1OC. The predicted octanol–water partition coefficient (Wildman–Crippen LogP) is 7.65. The molecule has 0 bridgehead atoms. The van der Waals surface area contributed by atoms with Crippen molar-refractivity contribution in [2.75, 3.05) is 25.3 Å². The summed E-state index contributed by atoms with van der Waals surface area (Å²) in [5.41, 5.74) is 3.18. The average Bonchev–Trinajstić information content (AvgIpc) is 3.45. The van der Waals surface area contributed by atoms with Gasteiger partial charge in [0, 0.05) is 32.5 Å². The van der Waals surface area contributed by atoms with Crippen molar-refractivity contribution in [2.45, 2.75) is 4.90 Å². The molecule has 9 heteroatoms. The normalized spacial score (nSPS) is 11.3. The van der Waals surface area contributed by atoms with E-state index in [2.05, 4.69) is 10.6 Å². The van der Waals surface area contributed by atoms with Gasteiger partial charge in [-0.05, 0) is 54.6 Å². The van der Waals surface area contributed by atoms with Crippen LogP contribution in [0, 0.1) is 0 Å². The Morgan fingerprint density at radius 1 is 0.745 bits per heavy atom. The molecule has 0 saturated carbocycles. The van der Waals surface area contributed by atoms with E-state index in [1.165, 1.54) is 26.0 Å². The van der Waals surface area contributed by atoms with Gasteiger partial charge >= 0.3 is 0 Å². The quantitative estimate of drug-likeness (QED) is 0.118. The maximum Gasteiger partial charge on any atom is 0.272 e. The molecule has 0 fully saturated rings. The van der Waals surface area contributed by atoms with E-state index >= 15 is 0 Å². The summed E-state index contributed by atoms with van der Waals surface area (Å²) < 4.78 is 12.7. The van der Waals surface area contributed by atoms with Crippen LogP contribution < -0.4 is 20.1 Å². The molecular formula is C38H31N3O5S. The number of carbonyl (C=O) groups is 3. The largest absolute Gasteiger partial charge is 0.493 e. The number of anilines is 1. The van der Waals surface area contributed by atoms with Gasteiger partial charge in [0.25, 0.3) is 11.8 Å². The molecule has 0 aliphatic carbocycles. The summed E-state index contributed by atoms with van der Waals surface area (Å²) in [6.07, 6.45) is 1.54. The number of rotatable bonds is 10. The molecule has 5 aromatic carbocycles. The van der Waals surface area contributed by atoms with Gasteiger partial charge in [0.15, 0.2) is 11.5 Å². The van der Waals surface area contributed by atoms with Gasteiger partial charge in [-0.15, -0.1) is 11.8 Å².